The van der Waals surface area contributed by atoms with Gasteiger partial charge in [0.2, 0.25) is 5.91 Å². The van der Waals surface area contributed by atoms with Crippen LogP contribution in [0.5, 0.6) is 5.75 Å². The number of halogens is 1. The van der Waals surface area contributed by atoms with Crippen LogP contribution in [0.1, 0.15) is 19.8 Å². The molecule has 1 rings (SSSR count). The fourth-order valence-corrected chi connectivity index (χ4v) is 1.72. The van der Waals surface area contributed by atoms with Crippen LogP contribution >= 0.6 is 11.6 Å². The molecule has 0 fully saturated rings. The van der Waals surface area contributed by atoms with Crippen molar-refractivity contribution in [3.05, 3.63) is 29.3 Å². The van der Waals surface area contributed by atoms with Gasteiger partial charge in [-0.15, -0.1) is 0 Å². The van der Waals surface area contributed by atoms with Gasteiger partial charge < -0.3 is 14.8 Å². The van der Waals surface area contributed by atoms with E-state index in [-0.39, 0.29) is 11.9 Å². The third kappa shape index (κ3) is 7.03. The summed E-state index contributed by atoms with van der Waals surface area (Å²) in [5.74, 6) is 0.779. The van der Waals surface area contributed by atoms with E-state index in [1.165, 1.54) is 0 Å². The highest BCUT2D eigenvalue weighted by Crippen LogP contribution is 2.15. The standard InChI is InChI=1S/C14H20ClNO3/c1-11(10-18-2)16-14(17)4-3-9-19-13-7-5-12(15)6-8-13/h5-8,11H,3-4,9-10H2,1-2H3,(H,16,17)/t11-/m1/s1. The Morgan fingerprint density at radius 3 is 2.68 bits per heavy atom. The molecule has 0 saturated heterocycles. The number of benzene rings is 1. The smallest absolute Gasteiger partial charge is 0.220 e. The van der Waals surface area contributed by atoms with Crippen LogP contribution in [0.2, 0.25) is 5.02 Å². The van der Waals surface area contributed by atoms with Crippen molar-refractivity contribution < 1.29 is 14.3 Å². The summed E-state index contributed by atoms with van der Waals surface area (Å²) in [4.78, 5) is 11.5. The van der Waals surface area contributed by atoms with Gasteiger partial charge in [0.1, 0.15) is 5.75 Å². The van der Waals surface area contributed by atoms with Gasteiger partial charge in [0.25, 0.3) is 0 Å². The van der Waals surface area contributed by atoms with Crippen molar-refractivity contribution in [2.45, 2.75) is 25.8 Å². The number of carbonyl (C=O) groups is 1. The first-order valence-electron chi connectivity index (χ1n) is 6.28. The highest BCUT2D eigenvalue weighted by molar-refractivity contribution is 6.30. The molecule has 0 aromatic heterocycles. The molecule has 1 aromatic rings. The van der Waals surface area contributed by atoms with Gasteiger partial charge >= 0.3 is 0 Å². The lowest BCUT2D eigenvalue weighted by Crippen LogP contribution is -2.35. The molecule has 0 radical (unpaired) electrons. The molecule has 106 valence electrons. The molecule has 1 aromatic carbocycles. The van der Waals surface area contributed by atoms with Gasteiger partial charge in [0, 0.05) is 24.6 Å². The van der Waals surface area contributed by atoms with Crippen LogP contribution in [0.15, 0.2) is 24.3 Å². The summed E-state index contributed by atoms with van der Waals surface area (Å²) in [6.45, 7) is 2.94. The molecule has 0 bridgehead atoms. The van der Waals surface area contributed by atoms with Crippen LogP contribution in [0.25, 0.3) is 0 Å². The zero-order valence-corrected chi connectivity index (χ0v) is 12.1. The van der Waals surface area contributed by atoms with E-state index in [1.807, 2.05) is 19.1 Å². The monoisotopic (exact) mass is 285 g/mol. The number of amides is 1. The van der Waals surface area contributed by atoms with E-state index in [0.717, 1.165) is 5.75 Å². The van der Waals surface area contributed by atoms with Gasteiger partial charge in [-0.3, -0.25) is 4.79 Å². The predicted molar refractivity (Wildman–Crippen MR) is 75.7 cm³/mol. The van der Waals surface area contributed by atoms with E-state index >= 15 is 0 Å². The maximum Gasteiger partial charge on any atom is 0.220 e. The zero-order chi connectivity index (χ0) is 14.1. The van der Waals surface area contributed by atoms with Crippen LogP contribution in [0.4, 0.5) is 0 Å². The minimum absolute atomic E-state index is 0.0178. The van der Waals surface area contributed by atoms with Crippen LogP contribution < -0.4 is 10.1 Å². The first-order valence-corrected chi connectivity index (χ1v) is 6.66. The average Bonchev–Trinajstić information content (AvgIpc) is 2.37. The topological polar surface area (TPSA) is 47.6 Å². The maximum atomic E-state index is 11.5. The molecule has 1 N–H and O–H groups in total. The van der Waals surface area contributed by atoms with Crippen LogP contribution in [0.3, 0.4) is 0 Å². The lowest BCUT2D eigenvalue weighted by Gasteiger charge is -2.12. The Hall–Kier alpha value is -1.26. The first kappa shape index (κ1) is 15.8. The highest BCUT2D eigenvalue weighted by atomic mass is 35.5. The van der Waals surface area contributed by atoms with Crippen LogP contribution in [-0.4, -0.2) is 32.3 Å². The van der Waals surface area contributed by atoms with Crippen molar-refractivity contribution in [2.75, 3.05) is 20.3 Å². The van der Waals surface area contributed by atoms with Crippen LogP contribution in [0, 0.1) is 0 Å². The molecule has 0 spiro atoms. The fourth-order valence-electron chi connectivity index (χ4n) is 1.59. The molecule has 0 aliphatic rings. The summed E-state index contributed by atoms with van der Waals surface area (Å²) in [6.07, 6.45) is 1.12. The Labute approximate surface area is 119 Å². The van der Waals surface area contributed by atoms with Gasteiger partial charge in [-0.2, -0.15) is 0 Å². The first-order chi connectivity index (χ1) is 9.11. The van der Waals surface area contributed by atoms with Crippen molar-refractivity contribution in [3.8, 4) is 5.75 Å². The molecule has 1 amide bonds. The molecule has 0 heterocycles. The number of carbonyl (C=O) groups excluding carboxylic acids is 1. The quantitative estimate of drug-likeness (QED) is 0.747. The Bertz CT molecular complexity index is 381. The Balaban J connectivity index is 2.13. The average molecular weight is 286 g/mol. The van der Waals surface area contributed by atoms with E-state index in [2.05, 4.69) is 5.32 Å². The molecule has 5 heteroatoms. The second kappa shape index (κ2) is 8.77. The van der Waals surface area contributed by atoms with Gasteiger partial charge in [-0.25, -0.2) is 0 Å². The number of nitrogens with one attached hydrogen (secondary N) is 1. The highest BCUT2D eigenvalue weighted by Gasteiger charge is 2.06. The number of methoxy groups -OCH3 is 1. The predicted octanol–water partition coefficient (Wildman–Crippen LogP) is 2.65. The summed E-state index contributed by atoms with van der Waals surface area (Å²) >= 11 is 5.77. The summed E-state index contributed by atoms with van der Waals surface area (Å²) in [5, 5.41) is 3.53. The number of hydrogen-bond acceptors (Lipinski definition) is 3. The molecular weight excluding hydrogens is 266 g/mol. The summed E-state index contributed by atoms with van der Waals surface area (Å²) in [6, 6.07) is 7.20. The second-order valence-electron chi connectivity index (χ2n) is 4.33. The third-order valence-corrected chi connectivity index (χ3v) is 2.71. The van der Waals surface area contributed by atoms with E-state index < -0.39 is 0 Å². The van der Waals surface area contributed by atoms with Crippen molar-refractivity contribution in [3.63, 3.8) is 0 Å². The normalized spacial score (nSPS) is 11.9. The molecule has 0 unspecified atom stereocenters. The molecular formula is C14H20ClNO3. The van der Waals surface area contributed by atoms with Gasteiger partial charge in [0.15, 0.2) is 0 Å². The molecule has 4 nitrogen and oxygen atoms in total. The van der Waals surface area contributed by atoms with Crippen molar-refractivity contribution >= 4 is 17.5 Å². The minimum atomic E-state index is 0.0178. The second-order valence-corrected chi connectivity index (χ2v) is 4.77. The SMILES string of the molecule is COC[C@@H](C)NC(=O)CCCOc1ccc(Cl)cc1. The Kier molecular flexibility index (Phi) is 7.30. The third-order valence-electron chi connectivity index (χ3n) is 2.45. The largest absolute Gasteiger partial charge is 0.494 e. The van der Waals surface area contributed by atoms with Gasteiger partial charge in [-0.05, 0) is 37.6 Å². The lowest BCUT2D eigenvalue weighted by atomic mass is 10.2. The Morgan fingerprint density at radius 2 is 2.05 bits per heavy atom. The van der Waals surface area contributed by atoms with E-state index in [1.54, 1.807) is 19.2 Å². The number of hydrogen-bond donors (Lipinski definition) is 1. The molecule has 0 aliphatic carbocycles. The maximum absolute atomic E-state index is 11.5. The van der Waals surface area contributed by atoms with Crippen molar-refractivity contribution in [1.29, 1.82) is 0 Å². The van der Waals surface area contributed by atoms with E-state index in [0.29, 0.717) is 31.1 Å². The molecule has 0 aliphatic heterocycles. The molecule has 1 atom stereocenters. The lowest BCUT2D eigenvalue weighted by molar-refractivity contribution is -0.122. The summed E-state index contributed by atoms with van der Waals surface area (Å²) < 4.78 is 10.4. The van der Waals surface area contributed by atoms with E-state index in [4.69, 9.17) is 21.1 Å². The number of ether oxygens (including phenoxy) is 2. The van der Waals surface area contributed by atoms with Gasteiger partial charge in [-0.1, -0.05) is 11.6 Å². The minimum Gasteiger partial charge on any atom is -0.494 e. The summed E-state index contributed by atoms with van der Waals surface area (Å²) in [5.41, 5.74) is 0. The molecule has 0 saturated carbocycles. The Morgan fingerprint density at radius 1 is 1.37 bits per heavy atom. The fraction of sp³-hybridized carbons (Fsp3) is 0.500. The van der Waals surface area contributed by atoms with Crippen LogP contribution in [-0.2, 0) is 9.53 Å². The van der Waals surface area contributed by atoms with Crippen molar-refractivity contribution in [1.82, 2.24) is 5.32 Å². The van der Waals surface area contributed by atoms with E-state index in [9.17, 15) is 4.79 Å². The molecule has 19 heavy (non-hydrogen) atoms. The summed E-state index contributed by atoms with van der Waals surface area (Å²) in [7, 11) is 1.61. The number of rotatable bonds is 8. The van der Waals surface area contributed by atoms with Crippen molar-refractivity contribution in [2.24, 2.45) is 0 Å². The van der Waals surface area contributed by atoms with Gasteiger partial charge in [0.05, 0.1) is 13.2 Å². The zero-order valence-electron chi connectivity index (χ0n) is 11.3.